The molecule has 9 heavy (non-hydrogen) atoms. The van der Waals surface area contributed by atoms with Gasteiger partial charge in [-0.15, -0.1) is 0 Å². The van der Waals surface area contributed by atoms with Gasteiger partial charge >= 0.3 is 5.97 Å². The van der Waals surface area contributed by atoms with Crippen molar-refractivity contribution in [3.05, 3.63) is 0 Å². The largest absolute Gasteiger partial charge is 0.466 e. The first-order valence-electron chi connectivity index (χ1n) is 2.99. The molecular formula is C6H12O3. The van der Waals surface area contributed by atoms with Gasteiger partial charge in [-0.25, -0.2) is 0 Å². The highest BCUT2D eigenvalue weighted by molar-refractivity contribution is 5.71. The first kappa shape index (κ1) is 8.43. The van der Waals surface area contributed by atoms with Crippen LogP contribution in [0.25, 0.3) is 0 Å². The molecule has 0 aliphatic heterocycles. The highest BCUT2D eigenvalue weighted by Gasteiger charge is 2.10. The van der Waals surface area contributed by atoms with Crippen LogP contribution in [0.4, 0.5) is 0 Å². The standard InChI is InChI=1S/C6H12O3/c1-3-9-6(8)5(2)4-7/h5,7H,3-4H2,1-2H3/t5-/m1/s1. The number of ether oxygens (including phenoxy) is 1. The van der Waals surface area contributed by atoms with E-state index in [1.165, 1.54) is 0 Å². The molecule has 0 spiro atoms. The minimum absolute atomic E-state index is 0.140. The Hall–Kier alpha value is -0.570. The van der Waals surface area contributed by atoms with Gasteiger partial charge in [0.05, 0.1) is 19.1 Å². The van der Waals surface area contributed by atoms with Crippen LogP contribution in [0, 0.1) is 5.92 Å². The third-order valence-corrected chi connectivity index (χ3v) is 0.963. The topological polar surface area (TPSA) is 46.5 Å². The van der Waals surface area contributed by atoms with Crippen molar-refractivity contribution in [3.8, 4) is 0 Å². The van der Waals surface area contributed by atoms with Crippen molar-refractivity contribution in [1.29, 1.82) is 0 Å². The Kier molecular flexibility index (Phi) is 4.05. The lowest BCUT2D eigenvalue weighted by Gasteiger charge is -2.05. The minimum Gasteiger partial charge on any atom is -0.466 e. The number of esters is 1. The summed E-state index contributed by atoms with van der Waals surface area (Å²) in [6.45, 7) is 3.60. The summed E-state index contributed by atoms with van der Waals surface area (Å²) in [4.78, 5) is 10.6. The third kappa shape index (κ3) is 3.08. The van der Waals surface area contributed by atoms with Crippen LogP contribution < -0.4 is 0 Å². The maximum absolute atomic E-state index is 10.6. The van der Waals surface area contributed by atoms with E-state index in [4.69, 9.17) is 5.11 Å². The Labute approximate surface area is 54.6 Å². The highest BCUT2D eigenvalue weighted by Crippen LogP contribution is 1.95. The zero-order valence-corrected chi connectivity index (χ0v) is 5.76. The number of aliphatic hydroxyl groups excluding tert-OH is 1. The maximum Gasteiger partial charge on any atom is 0.310 e. The molecule has 0 bridgehead atoms. The van der Waals surface area contributed by atoms with Crippen LogP contribution in [-0.2, 0) is 9.53 Å². The van der Waals surface area contributed by atoms with Crippen LogP contribution in [0.1, 0.15) is 13.8 Å². The van der Waals surface area contributed by atoms with Crippen molar-refractivity contribution in [2.75, 3.05) is 13.2 Å². The van der Waals surface area contributed by atoms with Crippen molar-refractivity contribution in [2.24, 2.45) is 5.92 Å². The minimum atomic E-state index is -0.384. The van der Waals surface area contributed by atoms with Crippen molar-refractivity contribution in [1.82, 2.24) is 0 Å². The number of aliphatic hydroxyl groups is 1. The predicted molar refractivity (Wildman–Crippen MR) is 32.9 cm³/mol. The zero-order chi connectivity index (χ0) is 7.28. The second kappa shape index (κ2) is 4.32. The molecule has 3 nitrogen and oxygen atoms in total. The third-order valence-electron chi connectivity index (χ3n) is 0.963. The normalized spacial score (nSPS) is 12.8. The molecule has 0 aliphatic carbocycles. The highest BCUT2D eigenvalue weighted by atomic mass is 16.5. The SMILES string of the molecule is CCOC(=O)[C@H](C)CO. The number of carbonyl (C=O) groups excluding carboxylic acids is 1. The van der Waals surface area contributed by atoms with Gasteiger partial charge < -0.3 is 9.84 Å². The van der Waals surface area contributed by atoms with Crippen molar-refractivity contribution in [2.45, 2.75) is 13.8 Å². The molecule has 0 fully saturated rings. The summed E-state index contributed by atoms with van der Waals surface area (Å²) in [6, 6.07) is 0. The molecule has 0 rings (SSSR count). The molecule has 3 heteroatoms. The van der Waals surface area contributed by atoms with Gasteiger partial charge in [0.1, 0.15) is 0 Å². The molecule has 54 valence electrons. The predicted octanol–water partition coefficient (Wildman–Crippen LogP) is 0.178. The van der Waals surface area contributed by atoms with Crippen LogP contribution >= 0.6 is 0 Å². The van der Waals surface area contributed by atoms with Gasteiger partial charge in [0.15, 0.2) is 0 Å². The molecular weight excluding hydrogens is 120 g/mol. The average Bonchev–Trinajstić information content (AvgIpc) is 1.87. The molecule has 1 atom stereocenters. The Bertz CT molecular complexity index is 90.3. The van der Waals surface area contributed by atoms with E-state index in [1.807, 2.05) is 0 Å². The van der Waals surface area contributed by atoms with Gasteiger partial charge in [-0.1, -0.05) is 0 Å². The summed E-state index contributed by atoms with van der Waals surface area (Å²) in [5, 5.41) is 8.43. The van der Waals surface area contributed by atoms with E-state index in [0.29, 0.717) is 6.61 Å². The van der Waals surface area contributed by atoms with Gasteiger partial charge in [0, 0.05) is 0 Å². The van der Waals surface area contributed by atoms with Gasteiger partial charge in [0.25, 0.3) is 0 Å². The molecule has 0 radical (unpaired) electrons. The van der Waals surface area contributed by atoms with Crippen LogP contribution in [0.2, 0.25) is 0 Å². The second-order valence-electron chi connectivity index (χ2n) is 1.84. The monoisotopic (exact) mass is 132 g/mol. The Balaban J connectivity index is 3.46. The van der Waals surface area contributed by atoms with Gasteiger partial charge in [-0.2, -0.15) is 0 Å². The van der Waals surface area contributed by atoms with E-state index in [0.717, 1.165) is 0 Å². The number of carbonyl (C=O) groups is 1. The molecule has 0 aromatic rings. The quantitative estimate of drug-likeness (QED) is 0.557. The van der Waals surface area contributed by atoms with Crippen LogP contribution in [0.5, 0.6) is 0 Å². The van der Waals surface area contributed by atoms with Crippen molar-refractivity contribution < 1.29 is 14.6 Å². The Morgan fingerprint density at radius 1 is 1.78 bits per heavy atom. The first-order valence-corrected chi connectivity index (χ1v) is 2.99. The summed E-state index contributed by atoms with van der Waals surface area (Å²) >= 11 is 0. The van der Waals surface area contributed by atoms with Crippen LogP contribution in [-0.4, -0.2) is 24.3 Å². The van der Waals surface area contributed by atoms with Crippen LogP contribution in [0.15, 0.2) is 0 Å². The molecule has 0 aromatic heterocycles. The molecule has 1 N–H and O–H groups in total. The first-order chi connectivity index (χ1) is 4.22. The fourth-order valence-corrected chi connectivity index (χ4v) is 0.359. The van der Waals surface area contributed by atoms with E-state index >= 15 is 0 Å². The second-order valence-corrected chi connectivity index (χ2v) is 1.84. The molecule has 0 aromatic carbocycles. The molecule has 0 amide bonds. The summed E-state index contributed by atoms with van der Waals surface area (Å²) < 4.78 is 4.60. The van der Waals surface area contributed by atoms with E-state index in [2.05, 4.69) is 4.74 Å². The number of hydrogen-bond donors (Lipinski definition) is 1. The van der Waals surface area contributed by atoms with E-state index in [-0.39, 0.29) is 18.5 Å². The number of rotatable bonds is 3. The molecule has 0 saturated heterocycles. The summed E-state index contributed by atoms with van der Waals surface area (Å²) in [6.07, 6.45) is 0. The smallest absolute Gasteiger partial charge is 0.310 e. The van der Waals surface area contributed by atoms with E-state index < -0.39 is 0 Å². The number of hydrogen-bond acceptors (Lipinski definition) is 3. The summed E-state index contributed by atoms with van der Waals surface area (Å²) in [5.41, 5.74) is 0. The molecule has 0 saturated carbocycles. The average molecular weight is 132 g/mol. The van der Waals surface area contributed by atoms with Gasteiger partial charge in [-0.3, -0.25) is 4.79 Å². The fraction of sp³-hybridized carbons (Fsp3) is 0.833. The maximum atomic E-state index is 10.6. The molecule has 0 unspecified atom stereocenters. The van der Waals surface area contributed by atoms with Crippen molar-refractivity contribution in [3.63, 3.8) is 0 Å². The fourth-order valence-electron chi connectivity index (χ4n) is 0.359. The van der Waals surface area contributed by atoms with Gasteiger partial charge in [-0.05, 0) is 13.8 Å². The van der Waals surface area contributed by atoms with Crippen molar-refractivity contribution >= 4 is 5.97 Å². The van der Waals surface area contributed by atoms with Gasteiger partial charge in [0.2, 0.25) is 0 Å². The summed E-state index contributed by atoms with van der Waals surface area (Å²) in [7, 11) is 0. The lowest BCUT2D eigenvalue weighted by atomic mass is 10.2. The zero-order valence-electron chi connectivity index (χ0n) is 5.76. The Morgan fingerprint density at radius 3 is 2.67 bits per heavy atom. The Morgan fingerprint density at radius 2 is 2.33 bits per heavy atom. The molecule has 0 aliphatic rings. The summed E-state index contributed by atoms with van der Waals surface area (Å²) in [5.74, 6) is -0.718. The van der Waals surface area contributed by atoms with Crippen LogP contribution in [0.3, 0.4) is 0 Å². The lowest BCUT2D eigenvalue weighted by molar-refractivity contribution is -0.148. The van der Waals surface area contributed by atoms with E-state index in [1.54, 1.807) is 13.8 Å². The van der Waals surface area contributed by atoms with E-state index in [9.17, 15) is 4.79 Å². The lowest BCUT2D eigenvalue weighted by Crippen LogP contribution is -2.17. The molecule has 0 heterocycles.